The van der Waals surface area contributed by atoms with E-state index in [1.807, 2.05) is 0 Å². The first-order valence-corrected chi connectivity index (χ1v) is 9.71. The molecule has 2 N–H and O–H groups in total. The Labute approximate surface area is 171 Å². The van der Waals surface area contributed by atoms with Crippen LogP contribution in [-0.2, 0) is 28.7 Å². The van der Waals surface area contributed by atoms with Crippen molar-refractivity contribution in [3.63, 3.8) is 0 Å². The molecule has 2 unspecified atom stereocenters. The lowest BCUT2D eigenvalue weighted by Crippen LogP contribution is -2.40. The number of Topliss-reactive ketones (excluding diaryl/α,β-unsaturated/α-hetero) is 2. The van der Waals surface area contributed by atoms with Crippen LogP contribution in [-0.4, -0.2) is 96.7 Å². The smallest absolute Gasteiger partial charge is 0.376 e. The Kier molecular flexibility index (Phi) is 9.47. The van der Waals surface area contributed by atoms with Crippen molar-refractivity contribution >= 4 is 37.6 Å². The molecule has 2 fully saturated rings. The van der Waals surface area contributed by atoms with Crippen molar-refractivity contribution < 1.29 is 38.7 Å². The van der Waals surface area contributed by atoms with Crippen LogP contribution in [0.25, 0.3) is 0 Å². The maximum Gasteiger partial charge on any atom is 0.376 e. The minimum Gasteiger partial charge on any atom is -0.465 e. The normalized spacial score (nSPS) is 24.7. The lowest BCUT2D eigenvalue weighted by atomic mass is 9.84. The summed E-state index contributed by atoms with van der Waals surface area (Å²) in [6, 6.07) is 0. The van der Waals surface area contributed by atoms with Gasteiger partial charge in [0, 0.05) is 13.1 Å². The van der Waals surface area contributed by atoms with E-state index in [-0.39, 0.29) is 51.0 Å². The van der Waals surface area contributed by atoms with Gasteiger partial charge in [-0.2, -0.15) is 0 Å². The summed E-state index contributed by atoms with van der Waals surface area (Å²) in [4.78, 5) is 49.0. The molecule has 10 nitrogen and oxygen atoms in total. The van der Waals surface area contributed by atoms with Gasteiger partial charge in [0.1, 0.15) is 11.3 Å². The van der Waals surface area contributed by atoms with Gasteiger partial charge in [-0.15, -0.1) is 0 Å². The van der Waals surface area contributed by atoms with Crippen LogP contribution in [0.15, 0.2) is 0 Å². The number of rotatable bonds is 6. The highest BCUT2D eigenvalue weighted by Crippen LogP contribution is 2.28. The first kappa shape index (κ1) is 25.3. The molecule has 2 saturated heterocycles. The summed E-state index contributed by atoms with van der Waals surface area (Å²) in [6.07, 6.45) is 0. The SMILES string of the molecule is CCOC(=O)C1(C)CN(B(C)O)CC1=O.CCOC(=O)C1CN(B(C)O)CC1=O. The summed E-state index contributed by atoms with van der Waals surface area (Å²) < 4.78 is 9.62. The predicted octanol–water partition coefficient (Wildman–Crippen LogP) is -1.29. The molecule has 162 valence electrons. The molecular formula is C17H30B2N2O8. The van der Waals surface area contributed by atoms with Crippen LogP contribution >= 0.6 is 0 Å². The third-order valence-electron chi connectivity index (χ3n) is 5.00. The molecular weight excluding hydrogens is 382 g/mol. The molecule has 0 radical (unpaired) electrons. The number of hydrogen-bond donors (Lipinski definition) is 2. The first-order chi connectivity index (χ1) is 13.5. The van der Waals surface area contributed by atoms with Crippen LogP contribution in [0.5, 0.6) is 0 Å². The second-order valence-electron chi connectivity index (χ2n) is 7.34. The zero-order valence-electron chi connectivity index (χ0n) is 17.7. The van der Waals surface area contributed by atoms with Crippen molar-refractivity contribution in [3.8, 4) is 0 Å². The number of esters is 2. The number of hydrogen-bond acceptors (Lipinski definition) is 10. The second-order valence-corrected chi connectivity index (χ2v) is 7.34. The van der Waals surface area contributed by atoms with E-state index in [2.05, 4.69) is 0 Å². The van der Waals surface area contributed by atoms with Gasteiger partial charge in [0.25, 0.3) is 0 Å². The van der Waals surface area contributed by atoms with Crippen LogP contribution in [0.4, 0.5) is 0 Å². The van der Waals surface area contributed by atoms with Crippen molar-refractivity contribution in [1.82, 2.24) is 9.62 Å². The van der Waals surface area contributed by atoms with Crippen LogP contribution < -0.4 is 0 Å². The van der Waals surface area contributed by atoms with Gasteiger partial charge in [-0.25, -0.2) is 0 Å². The van der Waals surface area contributed by atoms with Gasteiger partial charge in [0.2, 0.25) is 0 Å². The van der Waals surface area contributed by atoms with E-state index >= 15 is 0 Å². The van der Waals surface area contributed by atoms with Crippen molar-refractivity contribution in [2.75, 3.05) is 39.4 Å². The largest absolute Gasteiger partial charge is 0.465 e. The Morgan fingerprint density at radius 3 is 2.03 bits per heavy atom. The molecule has 0 aromatic carbocycles. The van der Waals surface area contributed by atoms with Crippen molar-refractivity contribution in [1.29, 1.82) is 0 Å². The number of carbonyl (C=O) groups excluding carboxylic acids is 4. The molecule has 0 bridgehead atoms. The lowest BCUT2D eigenvalue weighted by molar-refractivity contribution is -0.156. The Bertz CT molecular complexity index is 631. The first-order valence-electron chi connectivity index (χ1n) is 9.71. The molecule has 2 atom stereocenters. The highest BCUT2D eigenvalue weighted by molar-refractivity contribution is 6.46. The summed E-state index contributed by atoms with van der Waals surface area (Å²) in [6.45, 7) is 9.36. The highest BCUT2D eigenvalue weighted by atomic mass is 16.5. The van der Waals surface area contributed by atoms with Crippen LogP contribution in [0.1, 0.15) is 20.8 Å². The van der Waals surface area contributed by atoms with Gasteiger partial charge < -0.3 is 29.1 Å². The number of ketones is 2. The molecule has 0 spiro atoms. The quantitative estimate of drug-likeness (QED) is 0.309. The maximum absolute atomic E-state index is 11.7. The summed E-state index contributed by atoms with van der Waals surface area (Å²) in [7, 11) is -1.41. The van der Waals surface area contributed by atoms with Crippen molar-refractivity contribution in [2.24, 2.45) is 11.3 Å². The topological polar surface area (TPSA) is 134 Å². The molecule has 29 heavy (non-hydrogen) atoms. The Hall–Kier alpha value is -1.75. The standard InChI is InChI=1S/C9H16BNO4.C8H14BNO4/c1-4-15-8(13)9(2)6-11(10(3)14)5-7(9)12;1-3-14-8(12)6-4-10(9(2)13)5-7(6)11/h14H,4-6H2,1-3H3;6,13H,3-5H2,1-2H3. The molecule has 2 aliphatic heterocycles. The van der Waals surface area contributed by atoms with E-state index in [9.17, 15) is 29.2 Å². The molecule has 0 aromatic heterocycles. The van der Waals surface area contributed by atoms with E-state index < -0.39 is 37.4 Å². The van der Waals surface area contributed by atoms with Gasteiger partial charge in [-0.3, -0.25) is 19.2 Å². The molecule has 0 aliphatic carbocycles. The predicted molar refractivity (Wildman–Crippen MR) is 106 cm³/mol. The molecule has 2 heterocycles. The van der Waals surface area contributed by atoms with E-state index in [4.69, 9.17) is 9.47 Å². The Morgan fingerprint density at radius 2 is 1.62 bits per heavy atom. The molecule has 0 amide bonds. The minimum absolute atomic E-state index is 0.104. The zero-order chi connectivity index (χ0) is 22.4. The highest BCUT2D eigenvalue weighted by Gasteiger charge is 2.50. The number of nitrogens with zero attached hydrogens (tertiary/aromatic N) is 2. The van der Waals surface area contributed by atoms with Gasteiger partial charge in [-0.1, -0.05) is 0 Å². The third kappa shape index (κ3) is 6.36. The molecule has 0 saturated carbocycles. The Balaban J connectivity index is 0.000000291. The van der Waals surface area contributed by atoms with Gasteiger partial charge in [0.05, 0.1) is 26.3 Å². The zero-order valence-corrected chi connectivity index (χ0v) is 17.7. The molecule has 12 heteroatoms. The van der Waals surface area contributed by atoms with Crippen LogP contribution in [0.3, 0.4) is 0 Å². The Morgan fingerprint density at radius 1 is 1.07 bits per heavy atom. The van der Waals surface area contributed by atoms with Gasteiger partial charge in [-0.05, 0) is 34.4 Å². The minimum atomic E-state index is -1.12. The molecule has 0 aromatic rings. The van der Waals surface area contributed by atoms with E-state index in [1.54, 1.807) is 44.0 Å². The van der Waals surface area contributed by atoms with Crippen LogP contribution in [0, 0.1) is 11.3 Å². The van der Waals surface area contributed by atoms with Gasteiger partial charge >= 0.3 is 26.0 Å². The summed E-state index contributed by atoms with van der Waals surface area (Å²) in [5.41, 5.74) is -1.12. The number of carbonyl (C=O) groups is 4. The fourth-order valence-electron chi connectivity index (χ4n) is 3.09. The average molecular weight is 412 g/mol. The average Bonchev–Trinajstić information content (AvgIpc) is 3.17. The summed E-state index contributed by atoms with van der Waals surface area (Å²) in [5.74, 6) is -2.07. The lowest BCUT2D eigenvalue weighted by Gasteiger charge is -2.21. The third-order valence-corrected chi connectivity index (χ3v) is 5.00. The van der Waals surface area contributed by atoms with Crippen molar-refractivity contribution in [3.05, 3.63) is 0 Å². The van der Waals surface area contributed by atoms with Crippen molar-refractivity contribution in [2.45, 2.75) is 34.4 Å². The van der Waals surface area contributed by atoms with Crippen LogP contribution in [0.2, 0.25) is 13.6 Å². The molecule has 2 aliphatic rings. The van der Waals surface area contributed by atoms with E-state index in [1.165, 1.54) is 0 Å². The number of ether oxygens (including phenoxy) is 2. The van der Waals surface area contributed by atoms with Gasteiger partial charge in [0.15, 0.2) is 11.6 Å². The van der Waals surface area contributed by atoms with E-state index in [0.717, 1.165) is 0 Å². The second kappa shape index (κ2) is 10.9. The maximum atomic E-state index is 11.7. The summed E-state index contributed by atoms with van der Waals surface area (Å²) >= 11 is 0. The summed E-state index contributed by atoms with van der Waals surface area (Å²) in [5, 5.41) is 18.6. The fourth-order valence-corrected chi connectivity index (χ4v) is 3.09. The fraction of sp³-hybridized carbons (Fsp3) is 0.765. The van der Waals surface area contributed by atoms with E-state index in [0.29, 0.717) is 0 Å². The molecule has 2 rings (SSSR count). The monoisotopic (exact) mass is 412 g/mol.